The first kappa shape index (κ1) is 35.0. The standard InChI is InChI=1S/C19H15ClN4OS.C18H17ClN4S/c1-26-18-21-11-13-12-23(16-10-6-5-9-15(16)20)19(25)24(17(13)22-18)14-7-3-2-4-8-14;1-24-18-21-12-13(11-20-16-10-6-5-9-15(16)19)17(23-18)22-14-7-3-2-4-8-14/h2-11H,12H2,1H3;2-10,12,20H,11H2,1H3,(H,21,22,23). The SMILES string of the molecule is CSc1ncc(CNc2ccccc2Cl)c(Nc2ccccc2)n1.CSc1ncc2c(n1)N(c1ccccc1)C(=O)N(c1ccccc1Cl)C2. The van der Waals surface area contributed by atoms with Crippen LogP contribution < -0.4 is 20.4 Å². The number of fused-ring (bicyclic) bond motifs is 1. The summed E-state index contributed by atoms with van der Waals surface area (Å²) in [4.78, 5) is 34.6. The van der Waals surface area contributed by atoms with Gasteiger partial charge in [0, 0.05) is 35.8 Å². The van der Waals surface area contributed by atoms with Gasteiger partial charge in [0.15, 0.2) is 16.1 Å². The van der Waals surface area contributed by atoms with Crippen molar-refractivity contribution in [2.45, 2.75) is 23.4 Å². The summed E-state index contributed by atoms with van der Waals surface area (Å²) in [5.74, 6) is 1.41. The van der Waals surface area contributed by atoms with E-state index < -0.39 is 0 Å². The summed E-state index contributed by atoms with van der Waals surface area (Å²) in [7, 11) is 0. The molecule has 0 bridgehead atoms. The Balaban J connectivity index is 0.000000174. The Morgan fingerprint density at radius 1 is 0.740 bits per heavy atom. The number of aromatic nitrogens is 4. The van der Waals surface area contributed by atoms with Crippen LogP contribution in [0.15, 0.2) is 132 Å². The van der Waals surface area contributed by atoms with E-state index in [9.17, 15) is 4.79 Å². The van der Waals surface area contributed by atoms with E-state index in [-0.39, 0.29) is 6.03 Å². The second-order valence-electron chi connectivity index (χ2n) is 10.8. The number of hydrogen-bond donors (Lipinski definition) is 2. The molecule has 2 N–H and O–H groups in total. The third-order valence-electron chi connectivity index (χ3n) is 7.53. The number of nitrogens with zero attached hydrogens (tertiary/aromatic N) is 6. The zero-order chi connectivity index (χ0) is 34.9. The first-order valence-electron chi connectivity index (χ1n) is 15.5. The van der Waals surface area contributed by atoms with Crippen LogP contribution in [0.5, 0.6) is 0 Å². The molecule has 4 aromatic carbocycles. The van der Waals surface area contributed by atoms with Gasteiger partial charge in [-0.15, -0.1) is 0 Å². The second kappa shape index (κ2) is 16.7. The molecule has 13 heteroatoms. The van der Waals surface area contributed by atoms with Crippen molar-refractivity contribution in [1.82, 2.24) is 19.9 Å². The molecule has 2 aromatic heterocycles. The Kier molecular flexibility index (Phi) is 11.7. The second-order valence-corrected chi connectivity index (χ2v) is 13.1. The van der Waals surface area contributed by atoms with E-state index in [2.05, 4.69) is 30.6 Å². The lowest BCUT2D eigenvalue weighted by molar-refractivity contribution is 0.252. The van der Waals surface area contributed by atoms with Crippen LogP contribution in [-0.2, 0) is 13.1 Å². The molecule has 0 aliphatic carbocycles. The van der Waals surface area contributed by atoms with Crippen molar-refractivity contribution in [2.75, 3.05) is 32.9 Å². The van der Waals surface area contributed by atoms with Crippen LogP contribution in [0.25, 0.3) is 0 Å². The molecule has 9 nitrogen and oxygen atoms in total. The van der Waals surface area contributed by atoms with Gasteiger partial charge in [-0.1, -0.05) is 107 Å². The van der Waals surface area contributed by atoms with Crippen molar-refractivity contribution in [3.8, 4) is 0 Å². The van der Waals surface area contributed by atoms with Crippen molar-refractivity contribution >= 4 is 87.1 Å². The Bertz CT molecular complexity index is 2070. The molecule has 1 aliphatic heterocycles. The van der Waals surface area contributed by atoms with Crippen molar-refractivity contribution in [3.63, 3.8) is 0 Å². The van der Waals surface area contributed by atoms with Crippen LogP contribution >= 0.6 is 46.7 Å². The minimum absolute atomic E-state index is 0.192. The summed E-state index contributed by atoms with van der Waals surface area (Å²) in [5, 5.41) is 9.27. The highest BCUT2D eigenvalue weighted by Gasteiger charge is 2.35. The number of benzene rings is 4. The molecule has 1 aliphatic rings. The molecule has 50 heavy (non-hydrogen) atoms. The zero-order valence-corrected chi connectivity index (χ0v) is 30.3. The summed E-state index contributed by atoms with van der Waals surface area (Å²) in [5.41, 5.74) is 5.13. The van der Waals surface area contributed by atoms with Gasteiger partial charge in [0.2, 0.25) is 0 Å². The molecule has 7 rings (SSSR count). The van der Waals surface area contributed by atoms with Crippen LogP contribution in [0, 0.1) is 0 Å². The Morgan fingerprint density at radius 2 is 1.36 bits per heavy atom. The van der Waals surface area contributed by atoms with E-state index in [1.54, 1.807) is 22.1 Å². The Hall–Kier alpha value is -4.81. The lowest BCUT2D eigenvalue weighted by atomic mass is 10.1. The number of urea groups is 1. The molecule has 3 heterocycles. The largest absolute Gasteiger partial charge is 0.380 e. The average molecular weight is 740 g/mol. The van der Waals surface area contributed by atoms with E-state index >= 15 is 0 Å². The highest BCUT2D eigenvalue weighted by atomic mass is 35.5. The fourth-order valence-corrected chi connectivity index (χ4v) is 6.20. The van der Waals surface area contributed by atoms with Crippen LogP contribution in [0.4, 0.5) is 39.2 Å². The average Bonchev–Trinajstić information content (AvgIpc) is 3.16. The van der Waals surface area contributed by atoms with Crippen molar-refractivity contribution in [2.24, 2.45) is 0 Å². The predicted octanol–water partition coefficient (Wildman–Crippen LogP) is 10.3. The lowest BCUT2D eigenvalue weighted by Crippen LogP contribution is -2.45. The van der Waals surface area contributed by atoms with Gasteiger partial charge in [0.25, 0.3) is 0 Å². The molecule has 0 atom stereocenters. The molecule has 0 saturated heterocycles. The van der Waals surface area contributed by atoms with Crippen LogP contribution in [0.1, 0.15) is 11.1 Å². The molecule has 2 amide bonds. The number of rotatable bonds is 9. The summed E-state index contributed by atoms with van der Waals surface area (Å²) in [6, 6.07) is 34.3. The highest BCUT2D eigenvalue weighted by molar-refractivity contribution is 7.98. The molecule has 252 valence electrons. The van der Waals surface area contributed by atoms with Gasteiger partial charge >= 0.3 is 6.03 Å². The minimum Gasteiger partial charge on any atom is -0.380 e. The number of nitrogens with one attached hydrogen (secondary N) is 2. The minimum atomic E-state index is -0.192. The number of halogens is 2. The summed E-state index contributed by atoms with van der Waals surface area (Å²) in [6.07, 6.45) is 7.49. The van der Waals surface area contributed by atoms with Crippen LogP contribution in [0.3, 0.4) is 0 Å². The first-order chi connectivity index (χ1) is 24.4. The van der Waals surface area contributed by atoms with Gasteiger partial charge in [-0.25, -0.2) is 29.6 Å². The molecule has 0 fully saturated rings. The summed E-state index contributed by atoms with van der Waals surface area (Å²) in [6.45, 7) is 0.948. The number of thioether (sulfide) groups is 2. The maximum absolute atomic E-state index is 13.4. The number of hydrogen-bond acceptors (Lipinski definition) is 9. The van der Waals surface area contributed by atoms with Crippen LogP contribution in [-0.4, -0.2) is 38.5 Å². The van der Waals surface area contributed by atoms with Crippen molar-refractivity contribution < 1.29 is 4.79 Å². The Morgan fingerprint density at radius 3 is 2.06 bits per heavy atom. The maximum atomic E-state index is 13.4. The van der Waals surface area contributed by atoms with Gasteiger partial charge in [-0.2, -0.15) is 0 Å². The molecule has 6 aromatic rings. The molecule has 0 spiro atoms. The Labute approximate surface area is 309 Å². The topological polar surface area (TPSA) is 99.2 Å². The van der Waals surface area contributed by atoms with Crippen molar-refractivity contribution in [1.29, 1.82) is 0 Å². The third kappa shape index (κ3) is 8.31. The van der Waals surface area contributed by atoms with Gasteiger partial charge in [-0.3, -0.25) is 4.90 Å². The predicted molar refractivity (Wildman–Crippen MR) is 208 cm³/mol. The number of carbonyl (C=O) groups is 1. The number of para-hydroxylation sites is 4. The van der Waals surface area contributed by atoms with E-state index in [1.165, 1.54) is 23.5 Å². The van der Waals surface area contributed by atoms with Crippen LogP contribution in [0.2, 0.25) is 10.0 Å². The fourth-order valence-electron chi connectivity index (χ4n) is 5.08. The maximum Gasteiger partial charge on any atom is 0.335 e. The van der Waals surface area contributed by atoms with Gasteiger partial charge in [0.1, 0.15) is 5.82 Å². The monoisotopic (exact) mass is 738 g/mol. The zero-order valence-electron chi connectivity index (χ0n) is 27.1. The van der Waals surface area contributed by atoms with Gasteiger partial charge < -0.3 is 10.6 Å². The number of anilines is 6. The van der Waals surface area contributed by atoms with E-state index in [4.69, 9.17) is 23.2 Å². The summed E-state index contributed by atoms with van der Waals surface area (Å²) < 4.78 is 0. The van der Waals surface area contributed by atoms with Crippen molar-refractivity contribution in [3.05, 3.63) is 143 Å². The first-order valence-corrected chi connectivity index (χ1v) is 18.7. The van der Waals surface area contributed by atoms with E-state index in [0.29, 0.717) is 39.8 Å². The van der Waals surface area contributed by atoms with Gasteiger partial charge in [-0.05, 0) is 61.0 Å². The molecular formula is C37H32Cl2N8OS2. The molecule has 0 radical (unpaired) electrons. The quantitative estimate of drug-likeness (QED) is 0.111. The number of carbonyl (C=O) groups excluding carboxylic acids is 1. The highest BCUT2D eigenvalue weighted by Crippen LogP contribution is 2.38. The van der Waals surface area contributed by atoms with E-state index in [0.717, 1.165) is 39.2 Å². The lowest BCUT2D eigenvalue weighted by Gasteiger charge is -2.36. The molecule has 0 saturated carbocycles. The van der Waals surface area contributed by atoms with E-state index in [1.807, 2.05) is 122 Å². The fraction of sp³-hybridized carbons (Fsp3) is 0.108. The number of amides is 2. The smallest absolute Gasteiger partial charge is 0.335 e. The molecular weight excluding hydrogens is 708 g/mol. The molecule has 0 unspecified atom stereocenters. The summed E-state index contributed by atoms with van der Waals surface area (Å²) >= 11 is 15.5. The normalized spacial score (nSPS) is 12.1. The van der Waals surface area contributed by atoms with Gasteiger partial charge in [0.05, 0.1) is 33.7 Å². The third-order valence-corrected chi connectivity index (χ3v) is 9.30.